The maximum Gasteiger partial charge on any atom is -0.0414 e. The van der Waals surface area contributed by atoms with Gasteiger partial charge in [0.2, 0.25) is 0 Å². The van der Waals surface area contributed by atoms with Gasteiger partial charge in [0.05, 0.1) is 0 Å². The number of hydrogen-bond acceptors (Lipinski definition) is 0. The van der Waals surface area contributed by atoms with Crippen LogP contribution in [0.4, 0.5) is 0 Å². The summed E-state index contributed by atoms with van der Waals surface area (Å²) < 4.78 is 0. The first-order valence-electron chi connectivity index (χ1n) is 10.4. The fourth-order valence-corrected chi connectivity index (χ4v) is 4.18. The Morgan fingerprint density at radius 2 is 1.10 bits per heavy atom. The zero-order valence-corrected chi connectivity index (χ0v) is 15.2. The fourth-order valence-electron chi connectivity index (χ4n) is 4.18. The van der Waals surface area contributed by atoms with E-state index in [0.717, 1.165) is 11.8 Å². The van der Waals surface area contributed by atoms with Crippen molar-refractivity contribution >= 4 is 0 Å². The van der Waals surface area contributed by atoms with Crippen molar-refractivity contribution in [3.05, 3.63) is 0 Å². The Morgan fingerprint density at radius 3 is 1.71 bits per heavy atom. The molecule has 0 amide bonds. The normalized spacial score (nSPS) is 25.4. The van der Waals surface area contributed by atoms with Gasteiger partial charge in [-0.3, -0.25) is 0 Å². The SMILES string of the molecule is CCCCCCCC1CCCCCCC[C@H](CCC)CC1. The lowest BCUT2D eigenvalue weighted by Crippen LogP contribution is -2.06. The predicted molar refractivity (Wildman–Crippen MR) is 96.8 cm³/mol. The van der Waals surface area contributed by atoms with Gasteiger partial charge in [-0.15, -0.1) is 0 Å². The Labute approximate surface area is 135 Å². The highest BCUT2D eigenvalue weighted by Gasteiger charge is 2.14. The summed E-state index contributed by atoms with van der Waals surface area (Å²) in [7, 11) is 0. The van der Waals surface area contributed by atoms with Gasteiger partial charge in [-0.05, 0) is 11.8 Å². The van der Waals surface area contributed by atoms with Crippen molar-refractivity contribution in [2.75, 3.05) is 0 Å². The molecule has 0 aromatic rings. The number of rotatable bonds is 8. The molecule has 1 rings (SSSR count). The third-order valence-corrected chi connectivity index (χ3v) is 5.62. The molecule has 0 N–H and O–H groups in total. The third kappa shape index (κ3) is 10.4. The average molecular weight is 295 g/mol. The van der Waals surface area contributed by atoms with Crippen LogP contribution in [0.5, 0.6) is 0 Å². The molecule has 0 spiro atoms. The van der Waals surface area contributed by atoms with E-state index < -0.39 is 0 Å². The molecule has 1 fully saturated rings. The zero-order valence-electron chi connectivity index (χ0n) is 15.2. The first-order valence-corrected chi connectivity index (χ1v) is 10.4. The van der Waals surface area contributed by atoms with Gasteiger partial charge in [0.1, 0.15) is 0 Å². The molecule has 21 heavy (non-hydrogen) atoms. The largest absolute Gasteiger partial charge is 0.0654 e. The summed E-state index contributed by atoms with van der Waals surface area (Å²) in [5.74, 6) is 2.11. The van der Waals surface area contributed by atoms with Gasteiger partial charge in [-0.1, -0.05) is 123 Å². The summed E-state index contributed by atoms with van der Waals surface area (Å²) in [6.45, 7) is 4.69. The Kier molecular flexibility index (Phi) is 12.4. The van der Waals surface area contributed by atoms with Crippen LogP contribution < -0.4 is 0 Å². The van der Waals surface area contributed by atoms with E-state index in [2.05, 4.69) is 13.8 Å². The zero-order chi connectivity index (χ0) is 15.2. The number of unbranched alkanes of at least 4 members (excludes halogenated alkanes) is 4. The summed E-state index contributed by atoms with van der Waals surface area (Å²) in [4.78, 5) is 0. The molecule has 2 atom stereocenters. The van der Waals surface area contributed by atoms with E-state index in [4.69, 9.17) is 0 Å². The molecule has 0 heterocycles. The molecule has 0 bridgehead atoms. The lowest BCUT2D eigenvalue weighted by atomic mass is 9.85. The van der Waals surface area contributed by atoms with Gasteiger partial charge in [0, 0.05) is 0 Å². The topological polar surface area (TPSA) is 0 Å². The first kappa shape index (κ1) is 19.0. The maximum absolute atomic E-state index is 2.37. The molecule has 1 unspecified atom stereocenters. The van der Waals surface area contributed by atoms with Gasteiger partial charge in [0.25, 0.3) is 0 Å². The third-order valence-electron chi connectivity index (χ3n) is 5.62. The van der Waals surface area contributed by atoms with Crippen LogP contribution in [0.3, 0.4) is 0 Å². The minimum atomic E-state index is 1.05. The van der Waals surface area contributed by atoms with E-state index >= 15 is 0 Å². The fraction of sp³-hybridized carbons (Fsp3) is 1.00. The van der Waals surface area contributed by atoms with E-state index in [-0.39, 0.29) is 0 Å². The second-order valence-corrected chi connectivity index (χ2v) is 7.65. The van der Waals surface area contributed by atoms with Gasteiger partial charge in [-0.25, -0.2) is 0 Å². The van der Waals surface area contributed by atoms with Crippen molar-refractivity contribution in [2.45, 2.75) is 123 Å². The second-order valence-electron chi connectivity index (χ2n) is 7.65. The van der Waals surface area contributed by atoms with Crippen molar-refractivity contribution in [1.82, 2.24) is 0 Å². The molecule has 0 saturated heterocycles. The molecule has 1 saturated carbocycles. The Bertz CT molecular complexity index is 208. The number of hydrogen-bond donors (Lipinski definition) is 0. The second kappa shape index (κ2) is 13.6. The van der Waals surface area contributed by atoms with E-state index in [1.54, 1.807) is 6.42 Å². The van der Waals surface area contributed by atoms with Crippen LogP contribution in [0.25, 0.3) is 0 Å². The molecule has 0 aliphatic heterocycles. The molecular formula is C21H42. The average Bonchev–Trinajstić information content (AvgIpc) is 2.54. The highest BCUT2D eigenvalue weighted by Crippen LogP contribution is 2.29. The van der Waals surface area contributed by atoms with Crippen molar-refractivity contribution in [2.24, 2.45) is 11.8 Å². The Hall–Kier alpha value is 0. The molecule has 0 radical (unpaired) electrons. The van der Waals surface area contributed by atoms with Crippen molar-refractivity contribution in [3.8, 4) is 0 Å². The molecule has 1 aliphatic rings. The van der Waals surface area contributed by atoms with Crippen LogP contribution in [-0.2, 0) is 0 Å². The van der Waals surface area contributed by atoms with Gasteiger partial charge in [-0.2, -0.15) is 0 Å². The van der Waals surface area contributed by atoms with E-state index in [0.29, 0.717) is 0 Å². The predicted octanol–water partition coefficient (Wildman–Crippen LogP) is 7.90. The molecule has 0 aromatic carbocycles. The molecule has 1 aliphatic carbocycles. The van der Waals surface area contributed by atoms with Gasteiger partial charge >= 0.3 is 0 Å². The first-order chi connectivity index (χ1) is 10.4. The van der Waals surface area contributed by atoms with Crippen LogP contribution in [-0.4, -0.2) is 0 Å². The Balaban J connectivity index is 2.28. The molecule has 0 nitrogen and oxygen atoms in total. The lowest BCUT2D eigenvalue weighted by Gasteiger charge is -2.20. The van der Waals surface area contributed by atoms with Crippen molar-refractivity contribution in [3.63, 3.8) is 0 Å². The van der Waals surface area contributed by atoms with Gasteiger partial charge < -0.3 is 0 Å². The van der Waals surface area contributed by atoms with Crippen LogP contribution in [0.15, 0.2) is 0 Å². The molecule has 126 valence electrons. The highest BCUT2D eigenvalue weighted by molar-refractivity contribution is 4.67. The molecular weight excluding hydrogens is 252 g/mol. The summed E-state index contributed by atoms with van der Waals surface area (Å²) >= 11 is 0. The summed E-state index contributed by atoms with van der Waals surface area (Å²) in [5.41, 5.74) is 0. The van der Waals surface area contributed by atoms with E-state index in [1.165, 1.54) is 103 Å². The van der Waals surface area contributed by atoms with Crippen LogP contribution in [0, 0.1) is 11.8 Å². The monoisotopic (exact) mass is 294 g/mol. The standard InChI is InChI=1S/C21H42/c1-3-5-6-8-11-16-21-17-13-10-7-9-12-15-20(14-4-2)18-19-21/h20-21H,3-19H2,1-2H3/t20-,21?/m0/s1. The smallest absolute Gasteiger partial charge is 0.0414 e. The maximum atomic E-state index is 2.37. The minimum absolute atomic E-state index is 1.05. The van der Waals surface area contributed by atoms with E-state index in [1.807, 2.05) is 0 Å². The summed E-state index contributed by atoms with van der Waals surface area (Å²) in [6, 6.07) is 0. The summed E-state index contributed by atoms with van der Waals surface area (Å²) in [6.07, 6.45) is 25.4. The van der Waals surface area contributed by atoms with Crippen LogP contribution in [0.2, 0.25) is 0 Å². The molecule has 0 heteroatoms. The van der Waals surface area contributed by atoms with Gasteiger partial charge in [0.15, 0.2) is 0 Å². The lowest BCUT2D eigenvalue weighted by molar-refractivity contribution is 0.323. The quantitative estimate of drug-likeness (QED) is 0.399. The van der Waals surface area contributed by atoms with Crippen LogP contribution in [0.1, 0.15) is 123 Å². The van der Waals surface area contributed by atoms with Crippen molar-refractivity contribution < 1.29 is 0 Å². The Morgan fingerprint density at radius 1 is 0.524 bits per heavy atom. The van der Waals surface area contributed by atoms with E-state index in [9.17, 15) is 0 Å². The molecule has 0 aromatic heterocycles. The summed E-state index contributed by atoms with van der Waals surface area (Å²) in [5, 5.41) is 0. The van der Waals surface area contributed by atoms with Crippen LogP contribution >= 0.6 is 0 Å². The van der Waals surface area contributed by atoms with Crippen molar-refractivity contribution in [1.29, 1.82) is 0 Å². The minimum Gasteiger partial charge on any atom is -0.0654 e. The highest BCUT2D eigenvalue weighted by atomic mass is 14.2.